The van der Waals surface area contributed by atoms with E-state index in [1.54, 1.807) is 23.6 Å². The Hall–Kier alpha value is -3.16. The summed E-state index contributed by atoms with van der Waals surface area (Å²) in [5, 5.41) is 0. The molecule has 0 atom stereocenters. The van der Waals surface area contributed by atoms with Crippen LogP contribution in [0.1, 0.15) is 11.3 Å². The Morgan fingerprint density at radius 2 is 1.88 bits per heavy atom. The molecule has 1 aliphatic heterocycles. The Kier molecular flexibility index (Phi) is 3.75. The fraction of sp³-hybridized carbons (Fsp3) is 0.333. The Morgan fingerprint density at radius 1 is 1.15 bits per heavy atom. The average molecular weight is 353 g/mol. The number of imidazole rings is 1. The second kappa shape index (κ2) is 5.98. The van der Waals surface area contributed by atoms with Gasteiger partial charge in [0.1, 0.15) is 6.54 Å². The first kappa shape index (κ1) is 16.3. The molecule has 2 aromatic heterocycles. The van der Waals surface area contributed by atoms with Gasteiger partial charge in [-0.2, -0.15) is 0 Å². The number of amides is 1. The summed E-state index contributed by atoms with van der Waals surface area (Å²) in [4.78, 5) is 43.4. The van der Waals surface area contributed by atoms with Crippen molar-refractivity contribution in [3.05, 3.63) is 62.7 Å². The van der Waals surface area contributed by atoms with Crippen LogP contribution in [0.25, 0.3) is 11.0 Å². The third-order valence-corrected chi connectivity index (χ3v) is 4.98. The maximum atomic E-state index is 12.8. The summed E-state index contributed by atoms with van der Waals surface area (Å²) < 4.78 is 4.48. The third-order valence-electron chi connectivity index (χ3n) is 4.98. The molecule has 0 N–H and O–H groups in total. The number of nitrogens with zero attached hydrogens (tertiary/aromatic N) is 5. The maximum Gasteiger partial charge on any atom is 0.329 e. The molecule has 8 nitrogen and oxygen atoms in total. The van der Waals surface area contributed by atoms with Crippen LogP contribution in [0.3, 0.4) is 0 Å². The summed E-state index contributed by atoms with van der Waals surface area (Å²) in [5.41, 5.74) is 2.55. The van der Waals surface area contributed by atoms with E-state index in [2.05, 4.69) is 4.98 Å². The fourth-order valence-electron chi connectivity index (χ4n) is 3.48. The molecule has 0 saturated carbocycles. The SMILES string of the molecule is Cn1cnc2c(c1=O)CCN(C(=O)Cn1c(=O)n(C)c3ccccc31)C2. The molecule has 4 rings (SSSR count). The molecular formula is C18H19N5O3. The highest BCUT2D eigenvalue weighted by Crippen LogP contribution is 2.15. The summed E-state index contributed by atoms with van der Waals surface area (Å²) in [6.45, 7) is 0.719. The van der Waals surface area contributed by atoms with Crippen molar-refractivity contribution in [3.8, 4) is 0 Å². The third kappa shape index (κ3) is 2.45. The van der Waals surface area contributed by atoms with Gasteiger partial charge >= 0.3 is 5.69 Å². The molecule has 1 amide bonds. The van der Waals surface area contributed by atoms with Crippen molar-refractivity contribution in [2.75, 3.05) is 6.54 Å². The number of hydrogen-bond acceptors (Lipinski definition) is 4. The molecular weight excluding hydrogens is 334 g/mol. The van der Waals surface area contributed by atoms with Gasteiger partial charge in [-0.25, -0.2) is 9.78 Å². The van der Waals surface area contributed by atoms with Crippen molar-refractivity contribution < 1.29 is 4.79 Å². The minimum atomic E-state index is -0.219. The maximum absolute atomic E-state index is 12.8. The van der Waals surface area contributed by atoms with Crippen molar-refractivity contribution in [2.45, 2.75) is 19.5 Å². The quantitative estimate of drug-likeness (QED) is 0.650. The summed E-state index contributed by atoms with van der Waals surface area (Å²) in [6, 6.07) is 7.40. The molecule has 1 aliphatic rings. The molecule has 134 valence electrons. The van der Waals surface area contributed by atoms with E-state index < -0.39 is 0 Å². The number of carbonyl (C=O) groups excluding carboxylic acids is 1. The standard InChI is InChI=1S/C18H19N5O3/c1-20-11-19-13-9-22(8-7-12(13)17(20)25)16(24)10-23-15-6-4-3-5-14(15)21(2)18(23)26/h3-6,11H,7-10H2,1-2H3. The average Bonchev–Trinajstić information content (AvgIpc) is 2.90. The largest absolute Gasteiger partial charge is 0.335 e. The molecule has 0 unspecified atom stereocenters. The van der Waals surface area contributed by atoms with Crippen LogP contribution in [0.15, 0.2) is 40.2 Å². The minimum Gasteiger partial charge on any atom is -0.335 e. The number of aryl methyl sites for hydroxylation is 2. The van der Waals surface area contributed by atoms with Crippen molar-refractivity contribution in [2.24, 2.45) is 14.1 Å². The van der Waals surface area contributed by atoms with Crippen molar-refractivity contribution in [1.82, 2.24) is 23.6 Å². The van der Waals surface area contributed by atoms with Gasteiger partial charge in [0.25, 0.3) is 5.56 Å². The first-order chi connectivity index (χ1) is 12.5. The van der Waals surface area contributed by atoms with Gasteiger partial charge in [0.2, 0.25) is 5.91 Å². The molecule has 0 saturated heterocycles. The van der Waals surface area contributed by atoms with E-state index >= 15 is 0 Å². The van der Waals surface area contributed by atoms with E-state index in [0.717, 1.165) is 11.0 Å². The summed E-state index contributed by atoms with van der Waals surface area (Å²) >= 11 is 0. The van der Waals surface area contributed by atoms with Crippen LogP contribution < -0.4 is 11.2 Å². The Labute approximate surface area is 148 Å². The van der Waals surface area contributed by atoms with Gasteiger partial charge in [-0.15, -0.1) is 0 Å². The van der Waals surface area contributed by atoms with Crippen molar-refractivity contribution in [3.63, 3.8) is 0 Å². The Balaban J connectivity index is 1.62. The molecule has 8 heteroatoms. The van der Waals surface area contributed by atoms with Crippen LogP contribution in [0.2, 0.25) is 0 Å². The highest BCUT2D eigenvalue weighted by atomic mass is 16.2. The van der Waals surface area contributed by atoms with Crippen molar-refractivity contribution >= 4 is 16.9 Å². The highest BCUT2D eigenvalue weighted by molar-refractivity contribution is 5.81. The first-order valence-electron chi connectivity index (χ1n) is 8.43. The number of para-hydroxylation sites is 2. The molecule has 0 bridgehead atoms. The van der Waals surface area contributed by atoms with Crippen LogP contribution in [-0.2, 0) is 38.4 Å². The van der Waals surface area contributed by atoms with Crippen LogP contribution in [-0.4, -0.2) is 36.0 Å². The van der Waals surface area contributed by atoms with E-state index in [9.17, 15) is 14.4 Å². The number of aromatic nitrogens is 4. The normalized spacial score (nSPS) is 13.8. The van der Waals surface area contributed by atoms with Gasteiger partial charge in [-0.05, 0) is 18.6 Å². The van der Waals surface area contributed by atoms with Crippen LogP contribution in [0, 0.1) is 0 Å². The molecule has 0 spiro atoms. The Morgan fingerprint density at radius 3 is 2.65 bits per heavy atom. The van der Waals surface area contributed by atoms with Gasteiger partial charge in [0.15, 0.2) is 0 Å². The van der Waals surface area contributed by atoms with Gasteiger partial charge < -0.3 is 9.47 Å². The summed E-state index contributed by atoms with van der Waals surface area (Å²) in [5.74, 6) is -0.156. The monoisotopic (exact) mass is 353 g/mol. The predicted octanol–water partition coefficient (Wildman–Crippen LogP) is 0.0186. The molecule has 0 fully saturated rings. The summed E-state index contributed by atoms with van der Waals surface area (Å²) in [6.07, 6.45) is 1.95. The molecule has 3 heterocycles. The van der Waals surface area contributed by atoms with E-state index in [4.69, 9.17) is 0 Å². The van der Waals surface area contributed by atoms with Gasteiger partial charge in [-0.1, -0.05) is 12.1 Å². The molecule has 1 aromatic carbocycles. The lowest BCUT2D eigenvalue weighted by Crippen LogP contribution is -2.42. The number of carbonyl (C=O) groups is 1. The lowest BCUT2D eigenvalue weighted by Gasteiger charge is -2.28. The smallest absolute Gasteiger partial charge is 0.329 e. The van der Waals surface area contributed by atoms with E-state index in [1.807, 2.05) is 24.3 Å². The van der Waals surface area contributed by atoms with Gasteiger partial charge in [0, 0.05) is 26.2 Å². The molecule has 0 radical (unpaired) electrons. The first-order valence-corrected chi connectivity index (χ1v) is 8.43. The lowest BCUT2D eigenvalue weighted by atomic mass is 10.1. The lowest BCUT2D eigenvalue weighted by molar-refractivity contribution is -0.132. The second-order valence-corrected chi connectivity index (χ2v) is 6.57. The Bertz CT molecular complexity index is 1140. The zero-order chi connectivity index (χ0) is 18.4. The molecule has 0 aliphatic carbocycles. The number of fused-ring (bicyclic) bond motifs is 2. The molecule has 26 heavy (non-hydrogen) atoms. The van der Waals surface area contributed by atoms with Gasteiger partial charge in [-0.3, -0.25) is 18.7 Å². The van der Waals surface area contributed by atoms with Gasteiger partial charge in [0.05, 0.1) is 29.6 Å². The van der Waals surface area contributed by atoms with E-state index in [0.29, 0.717) is 30.8 Å². The second-order valence-electron chi connectivity index (χ2n) is 6.57. The van der Waals surface area contributed by atoms with Crippen LogP contribution >= 0.6 is 0 Å². The van der Waals surface area contributed by atoms with Crippen molar-refractivity contribution in [1.29, 1.82) is 0 Å². The van der Waals surface area contributed by atoms with Crippen LogP contribution in [0.5, 0.6) is 0 Å². The molecule has 3 aromatic rings. The summed E-state index contributed by atoms with van der Waals surface area (Å²) in [7, 11) is 3.36. The number of rotatable bonds is 2. The van der Waals surface area contributed by atoms with Crippen LogP contribution in [0.4, 0.5) is 0 Å². The predicted molar refractivity (Wildman–Crippen MR) is 95.8 cm³/mol. The number of benzene rings is 1. The number of hydrogen-bond donors (Lipinski definition) is 0. The fourth-order valence-corrected chi connectivity index (χ4v) is 3.48. The zero-order valence-electron chi connectivity index (χ0n) is 14.7. The van der Waals surface area contributed by atoms with E-state index in [1.165, 1.54) is 15.5 Å². The minimum absolute atomic E-state index is 0.0274. The zero-order valence-corrected chi connectivity index (χ0v) is 14.7. The highest BCUT2D eigenvalue weighted by Gasteiger charge is 2.25. The topological polar surface area (TPSA) is 82.1 Å². The van der Waals surface area contributed by atoms with E-state index in [-0.39, 0.29) is 23.7 Å².